The van der Waals surface area contributed by atoms with E-state index in [1.54, 1.807) is 0 Å². The van der Waals surface area contributed by atoms with Crippen LogP contribution in [0.2, 0.25) is 0 Å². The minimum atomic E-state index is -1.33. The molecule has 1 nitrogen and oxygen atoms in total. The van der Waals surface area contributed by atoms with Crippen molar-refractivity contribution in [3.8, 4) is 22.3 Å². The molecule has 0 amide bonds. The minimum absolute atomic E-state index is 1.11. The molecule has 0 atom stereocenters. The Morgan fingerprint density at radius 2 is 0.852 bits per heavy atom. The van der Waals surface area contributed by atoms with Crippen molar-refractivity contribution < 1.29 is 0 Å². The molecule has 4 aromatic rings. The van der Waals surface area contributed by atoms with Crippen molar-refractivity contribution >= 4 is 40.5 Å². The molecule has 4 aromatic carbocycles. The molecule has 0 spiro atoms. The summed E-state index contributed by atoms with van der Waals surface area (Å²) >= 11 is 6.19. The second kappa shape index (κ2) is 6.81. The number of nitrogens with one attached hydrogen (secondary N) is 1. The summed E-state index contributed by atoms with van der Waals surface area (Å²) in [6, 6.07) is 34.2. The highest BCUT2D eigenvalue weighted by atomic mass is 32.4. The predicted octanol–water partition coefficient (Wildman–Crippen LogP) is 5.70. The van der Waals surface area contributed by atoms with Gasteiger partial charge in [0.05, 0.1) is 0 Å². The van der Waals surface area contributed by atoms with Crippen molar-refractivity contribution in [3.05, 3.63) is 97.1 Å². The molecule has 1 aliphatic rings. The molecule has 0 unspecified atom stereocenters. The molecule has 3 heteroatoms. The summed E-state index contributed by atoms with van der Waals surface area (Å²) in [6.07, 6.45) is 0. The van der Waals surface area contributed by atoms with E-state index in [1.807, 2.05) is 0 Å². The summed E-state index contributed by atoms with van der Waals surface area (Å²) in [5.74, 6) is 0. The van der Waals surface area contributed by atoms with Crippen LogP contribution in [0.25, 0.3) is 22.3 Å². The quantitative estimate of drug-likeness (QED) is 0.344. The molecule has 130 valence electrons. The van der Waals surface area contributed by atoms with Crippen LogP contribution >= 0.6 is 6.70 Å². The maximum Gasteiger partial charge on any atom is 0.0464 e. The fourth-order valence-electron chi connectivity index (χ4n) is 3.78. The van der Waals surface area contributed by atoms with Gasteiger partial charge in [0.25, 0.3) is 0 Å². The Morgan fingerprint density at radius 1 is 0.481 bits per heavy atom. The van der Waals surface area contributed by atoms with E-state index in [0.717, 1.165) is 11.4 Å². The first-order valence-electron chi connectivity index (χ1n) is 9.01. The molecular formula is C24H18NPS. The Hall–Kier alpha value is -2.67. The van der Waals surface area contributed by atoms with Gasteiger partial charge in [-0.2, -0.15) is 0 Å². The van der Waals surface area contributed by atoms with Crippen LogP contribution in [0.3, 0.4) is 0 Å². The summed E-state index contributed by atoms with van der Waals surface area (Å²) in [6.45, 7) is -1.33. The third-order valence-corrected chi connectivity index (χ3v) is 8.22. The van der Waals surface area contributed by atoms with Crippen molar-refractivity contribution in [1.29, 1.82) is 0 Å². The smallest absolute Gasteiger partial charge is 0.0464 e. The highest BCUT2D eigenvalue weighted by Crippen LogP contribution is 2.40. The van der Waals surface area contributed by atoms with E-state index in [9.17, 15) is 0 Å². The lowest BCUT2D eigenvalue weighted by molar-refractivity contribution is 1.53. The number of rotatable bonds is 0. The zero-order valence-electron chi connectivity index (χ0n) is 14.6. The Bertz CT molecular complexity index is 1090. The lowest BCUT2D eigenvalue weighted by Gasteiger charge is -2.22. The second-order valence-electron chi connectivity index (χ2n) is 6.64. The summed E-state index contributed by atoms with van der Waals surface area (Å²) in [5, 5.41) is 6.24. The fourth-order valence-corrected chi connectivity index (χ4v) is 6.55. The van der Waals surface area contributed by atoms with Crippen molar-refractivity contribution in [1.82, 2.24) is 0 Å². The van der Waals surface area contributed by atoms with Gasteiger partial charge in [-0.05, 0) is 40.6 Å². The summed E-state index contributed by atoms with van der Waals surface area (Å²) < 4.78 is 0. The van der Waals surface area contributed by atoms with Gasteiger partial charge in [-0.1, -0.05) is 96.7 Å². The number of hydrogen-bond donors (Lipinski definition) is 1. The van der Waals surface area contributed by atoms with Crippen LogP contribution in [0.15, 0.2) is 97.1 Å². The monoisotopic (exact) mass is 383 g/mol. The fraction of sp³-hybridized carbons (Fsp3) is 0. The van der Waals surface area contributed by atoms with Crippen molar-refractivity contribution in [2.45, 2.75) is 0 Å². The van der Waals surface area contributed by atoms with E-state index in [0.29, 0.717) is 0 Å². The Kier molecular flexibility index (Phi) is 4.16. The van der Waals surface area contributed by atoms with E-state index in [2.05, 4.69) is 102 Å². The SMILES string of the molecule is S=[PH]1c2ccccc2-c2ccccc2Nc2ccccc2-c2ccccc21. The first-order valence-corrected chi connectivity index (χ1v) is 11.6. The number of para-hydroxylation sites is 2. The van der Waals surface area contributed by atoms with Gasteiger partial charge in [0.15, 0.2) is 0 Å². The largest absolute Gasteiger partial charge is 0.355 e. The Balaban J connectivity index is 1.89. The Labute approximate surface area is 165 Å². The molecule has 0 aliphatic carbocycles. The third-order valence-electron chi connectivity index (χ3n) is 5.05. The molecule has 0 fully saturated rings. The van der Waals surface area contributed by atoms with Crippen LogP contribution in [0.5, 0.6) is 0 Å². The number of fused-ring (bicyclic) bond motifs is 6. The first-order chi connectivity index (χ1) is 13.3. The summed E-state index contributed by atoms with van der Waals surface area (Å²) in [4.78, 5) is 0. The van der Waals surface area contributed by atoms with E-state index >= 15 is 0 Å². The topological polar surface area (TPSA) is 12.0 Å². The van der Waals surface area contributed by atoms with E-state index < -0.39 is 6.70 Å². The van der Waals surface area contributed by atoms with Gasteiger partial charge in [-0.3, -0.25) is 0 Å². The minimum Gasteiger partial charge on any atom is -0.355 e. The number of anilines is 2. The average Bonchev–Trinajstić information content (AvgIpc) is 2.74. The summed E-state index contributed by atoms with van der Waals surface area (Å²) in [5.41, 5.74) is 7.10. The van der Waals surface area contributed by atoms with E-state index in [1.165, 1.54) is 32.9 Å². The van der Waals surface area contributed by atoms with Gasteiger partial charge in [-0.15, -0.1) is 0 Å². The number of hydrogen-bond acceptors (Lipinski definition) is 2. The average molecular weight is 383 g/mol. The maximum atomic E-state index is 6.19. The van der Waals surface area contributed by atoms with Gasteiger partial charge in [-0.25, -0.2) is 0 Å². The molecule has 1 heterocycles. The van der Waals surface area contributed by atoms with E-state index in [4.69, 9.17) is 11.8 Å². The van der Waals surface area contributed by atoms with Crippen LogP contribution in [-0.2, 0) is 11.8 Å². The van der Waals surface area contributed by atoms with Crippen LogP contribution in [0.4, 0.5) is 11.4 Å². The second-order valence-corrected chi connectivity index (χ2v) is 9.60. The Morgan fingerprint density at radius 3 is 1.33 bits per heavy atom. The van der Waals surface area contributed by atoms with Crippen molar-refractivity contribution in [2.24, 2.45) is 0 Å². The molecule has 0 bridgehead atoms. The van der Waals surface area contributed by atoms with Gasteiger partial charge in [0, 0.05) is 22.5 Å². The van der Waals surface area contributed by atoms with Crippen molar-refractivity contribution in [2.75, 3.05) is 5.32 Å². The molecule has 0 saturated carbocycles. The van der Waals surface area contributed by atoms with Gasteiger partial charge in [0.1, 0.15) is 0 Å². The van der Waals surface area contributed by atoms with Gasteiger partial charge < -0.3 is 5.32 Å². The third kappa shape index (κ3) is 2.82. The summed E-state index contributed by atoms with van der Waals surface area (Å²) in [7, 11) is 0. The van der Waals surface area contributed by atoms with Crippen LogP contribution in [0, 0.1) is 0 Å². The molecular weight excluding hydrogens is 365 g/mol. The molecule has 0 aromatic heterocycles. The highest BCUT2D eigenvalue weighted by molar-refractivity contribution is 8.12. The molecule has 0 saturated heterocycles. The standard InChI is InChI=1S/C24H18NPS/c27-26-23-15-7-3-11-19(23)17-9-1-5-13-21(17)25-22-14-6-2-10-18(22)20-12-4-8-16-24(20)26/h1-16,25-26H. The molecule has 27 heavy (non-hydrogen) atoms. The maximum absolute atomic E-state index is 6.19. The first kappa shape index (κ1) is 16.5. The van der Waals surface area contributed by atoms with Crippen LogP contribution in [0.1, 0.15) is 0 Å². The van der Waals surface area contributed by atoms with Crippen LogP contribution < -0.4 is 15.9 Å². The normalized spacial score (nSPS) is 12.7. The molecule has 0 radical (unpaired) electrons. The lowest BCUT2D eigenvalue weighted by atomic mass is 10.0. The van der Waals surface area contributed by atoms with Gasteiger partial charge >= 0.3 is 0 Å². The molecule has 5 rings (SSSR count). The number of benzene rings is 4. The van der Waals surface area contributed by atoms with Crippen LogP contribution in [-0.4, -0.2) is 0 Å². The zero-order valence-corrected chi connectivity index (χ0v) is 16.5. The molecule has 1 aliphatic heterocycles. The van der Waals surface area contributed by atoms with E-state index in [-0.39, 0.29) is 0 Å². The van der Waals surface area contributed by atoms with Gasteiger partial charge in [0.2, 0.25) is 0 Å². The lowest BCUT2D eigenvalue weighted by Crippen LogP contribution is -2.13. The zero-order chi connectivity index (χ0) is 18.2. The predicted molar refractivity (Wildman–Crippen MR) is 122 cm³/mol. The highest BCUT2D eigenvalue weighted by Gasteiger charge is 2.19. The molecule has 1 N–H and O–H groups in total. The van der Waals surface area contributed by atoms with Crippen molar-refractivity contribution in [3.63, 3.8) is 0 Å².